The topological polar surface area (TPSA) is 40.0 Å². The minimum atomic E-state index is -0.858. The van der Waals surface area contributed by atoms with Crippen LogP contribution in [0.1, 0.15) is 6.92 Å². The van der Waals surface area contributed by atoms with Crippen LogP contribution in [0.5, 0.6) is 0 Å². The molecule has 0 aromatic heterocycles. The summed E-state index contributed by atoms with van der Waals surface area (Å²) in [6, 6.07) is 0. The van der Waals surface area contributed by atoms with E-state index in [2.05, 4.69) is 11.7 Å². The number of nitrogens with zero attached hydrogens (tertiary/aromatic N) is 1. The number of aliphatic imine (C=N–C) groups is 1. The first-order chi connectivity index (χ1) is 5.20. The summed E-state index contributed by atoms with van der Waals surface area (Å²) >= 11 is 0. The standard InChI is InChI=1S/C7H13NO3/c1-7(8-2)10-5-6(11-7)4-9-3/h6H,2,4-5H2,1,3H3. The second-order valence-electron chi connectivity index (χ2n) is 2.56. The van der Waals surface area contributed by atoms with Crippen molar-refractivity contribution in [2.45, 2.75) is 18.9 Å². The SMILES string of the molecule is C=NC1(C)OCC(COC)O1. The summed E-state index contributed by atoms with van der Waals surface area (Å²) in [5.41, 5.74) is 0. The van der Waals surface area contributed by atoms with Gasteiger partial charge >= 0.3 is 0 Å². The highest BCUT2D eigenvalue weighted by molar-refractivity contribution is 5.24. The van der Waals surface area contributed by atoms with E-state index >= 15 is 0 Å². The molecular formula is C7H13NO3. The predicted octanol–water partition coefficient (Wildman–Crippen LogP) is 0.422. The fourth-order valence-corrected chi connectivity index (χ4v) is 0.976. The first-order valence-electron chi connectivity index (χ1n) is 3.49. The molecule has 2 unspecified atom stereocenters. The molecule has 11 heavy (non-hydrogen) atoms. The van der Waals surface area contributed by atoms with Crippen LogP contribution < -0.4 is 0 Å². The van der Waals surface area contributed by atoms with Crippen molar-refractivity contribution in [2.24, 2.45) is 4.99 Å². The average Bonchev–Trinajstić information content (AvgIpc) is 2.35. The molecule has 1 heterocycles. The van der Waals surface area contributed by atoms with Gasteiger partial charge in [-0.05, 0) is 6.72 Å². The number of hydrogen-bond donors (Lipinski definition) is 0. The molecule has 1 aliphatic rings. The van der Waals surface area contributed by atoms with Crippen LogP contribution in [-0.2, 0) is 14.2 Å². The van der Waals surface area contributed by atoms with Crippen molar-refractivity contribution in [2.75, 3.05) is 20.3 Å². The second kappa shape index (κ2) is 3.30. The maximum atomic E-state index is 5.36. The molecule has 1 rings (SSSR count). The first kappa shape index (κ1) is 8.64. The molecule has 4 nitrogen and oxygen atoms in total. The molecular weight excluding hydrogens is 146 g/mol. The Morgan fingerprint density at radius 3 is 3.00 bits per heavy atom. The minimum Gasteiger partial charge on any atom is -0.382 e. The van der Waals surface area contributed by atoms with Gasteiger partial charge in [0.2, 0.25) is 0 Å². The van der Waals surface area contributed by atoms with Crippen LogP contribution in [0.2, 0.25) is 0 Å². The van der Waals surface area contributed by atoms with Crippen LogP contribution in [0.4, 0.5) is 0 Å². The average molecular weight is 159 g/mol. The summed E-state index contributed by atoms with van der Waals surface area (Å²) in [6.07, 6.45) is -0.0181. The molecule has 0 saturated carbocycles. The molecule has 4 heteroatoms. The molecule has 0 aromatic carbocycles. The molecule has 2 atom stereocenters. The fraction of sp³-hybridized carbons (Fsp3) is 0.857. The van der Waals surface area contributed by atoms with Gasteiger partial charge in [0.05, 0.1) is 13.2 Å². The Labute approximate surface area is 66.2 Å². The Balaban J connectivity index is 2.39. The van der Waals surface area contributed by atoms with Crippen molar-refractivity contribution in [1.82, 2.24) is 0 Å². The Hall–Kier alpha value is -0.450. The van der Waals surface area contributed by atoms with Crippen LogP contribution >= 0.6 is 0 Å². The lowest BCUT2D eigenvalue weighted by Gasteiger charge is -2.16. The molecule has 0 aliphatic carbocycles. The van der Waals surface area contributed by atoms with Crippen molar-refractivity contribution in [1.29, 1.82) is 0 Å². The van der Waals surface area contributed by atoms with Gasteiger partial charge in [0.1, 0.15) is 6.10 Å². The third kappa shape index (κ3) is 1.99. The van der Waals surface area contributed by atoms with E-state index in [1.807, 2.05) is 0 Å². The van der Waals surface area contributed by atoms with Gasteiger partial charge in [-0.1, -0.05) is 0 Å². The van der Waals surface area contributed by atoms with Gasteiger partial charge in [0.25, 0.3) is 5.91 Å². The van der Waals surface area contributed by atoms with E-state index in [0.717, 1.165) is 0 Å². The van der Waals surface area contributed by atoms with Crippen LogP contribution in [0.3, 0.4) is 0 Å². The monoisotopic (exact) mass is 159 g/mol. The maximum Gasteiger partial charge on any atom is 0.266 e. The van der Waals surface area contributed by atoms with E-state index < -0.39 is 5.91 Å². The molecule has 0 spiro atoms. The van der Waals surface area contributed by atoms with Gasteiger partial charge in [-0.3, -0.25) is 0 Å². The van der Waals surface area contributed by atoms with E-state index in [1.165, 1.54) is 0 Å². The number of methoxy groups -OCH3 is 1. The Morgan fingerprint density at radius 1 is 1.82 bits per heavy atom. The zero-order chi connectivity index (χ0) is 8.32. The molecule has 0 aromatic rings. The van der Waals surface area contributed by atoms with Crippen LogP contribution in [0.15, 0.2) is 4.99 Å². The predicted molar refractivity (Wildman–Crippen MR) is 40.7 cm³/mol. The largest absolute Gasteiger partial charge is 0.382 e. The first-order valence-corrected chi connectivity index (χ1v) is 3.49. The molecule has 0 amide bonds. The van der Waals surface area contributed by atoms with Crippen molar-refractivity contribution in [3.8, 4) is 0 Å². The Bertz CT molecular complexity index is 151. The Morgan fingerprint density at radius 2 is 2.55 bits per heavy atom. The number of rotatable bonds is 3. The van der Waals surface area contributed by atoms with Crippen LogP contribution in [0.25, 0.3) is 0 Å². The minimum absolute atomic E-state index is 0.0181. The van der Waals surface area contributed by atoms with E-state index in [1.54, 1.807) is 14.0 Å². The molecule has 0 bridgehead atoms. The smallest absolute Gasteiger partial charge is 0.266 e. The van der Waals surface area contributed by atoms with E-state index in [4.69, 9.17) is 14.2 Å². The van der Waals surface area contributed by atoms with Gasteiger partial charge in [-0.25, -0.2) is 4.99 Å². The highest BCUT2D eigenvalue weighted by Gasteiger charge is 2.35. The molecule has 0 N–H and O–H groups in total. The zero-order valence-corrected chi connectivity index (χ0v) is 6.87. The lowest BCUT2D eigenvalue weighted by atomic mass is 10.4. The molecule has 64 valence electrons. The molecule has 1 fully saturated rings. The van der Waals surface area contributed by atoms with E-state index in [9.17, 15) is 0 Å². The van der Waals surface area contributed by atoms with Gasteiger partial charge in [-0.2, -0.15) is 0 Å². The van der Waals surface area contributed by atoms with Crippen LogP contribution in [-0.4, -0.2) is 39.1 Å². The highest BCUT2D eigenvalue weighted by atomic mass is 16.8. The third-order valence-corrected chi connectivity index (χ3v) is 1.56. The van der Waals surface area contributed by atoms with Gasteiger partial charge in [0, 0.05) is 14.0 Å². The summed E-state index contributed by atoms with van der Waals surface area (Å²) in [5.74, 6) is -0.858. The Kier molecular flexibility index (Phi) is 2.59. The summed E-state index contributed by atoms with van der Waals surface area (Å²) in [6.45, 7) is 6.15. The molecule has 1 aliphatic heterocycles. The molecule has 0 radical (unpaired) electrons. The van der Waals surface area contributed by atoms with Gasteiger partial charge < -0.3 is 14.2 Å². The van der Waals surface area contributed by atoms with Crippen molar-refractivity contribution < 1.29 is 14.2 Å². The highest BCUT2D eigenvalue weighted by Crippen LogP contribution is 2.23. The van der Waals surface area contributed by atoms with Crippen molar-refractivity contribution in [3.05, 3.63) is 0 Å². The normalized spacial score (nSPS) is 37.5. The fourth-order valence-electron chi connectivity index (χ4n) is 0.976. The summed E-state index contributed by atoms with van der Waals surface area (Å²) in [5, 5.41) is 0. The van der Waals surface area contributed by atoms with Crippen molar-refractivity contribution >= 4 is 6.72 Å². The quantitative estimate of drug-likeness (QED) is 0.560. The number of hydrogen-bond acceptors (Lipinski definition) is 4. The summed E-state index contributed by atoms with van der Waals surface area (Å²) in [4.78, 5) is 3.70. The third-order valence-electron chi connectivity index (χ3n) is 1.56. The second-order valence-corrected chi connectivity index (χ2v) is 2.56. The summed E-state index contributed by atoms with van der Waals surface area (Å²) < 4.78 is 15.5. The maximum absolute atomic E-state index is 5.36. The van der Waals surface area contributed by atoms with Gasteiger partial charge in [0.15, 0.2) is 0 Å². The van der Waals surface area contributed by atoms with Crippen LogP contribution in [0, 0.1) is 0 Å². The zero-order valence-electron chi connectivity index (χ0n) is 6.87. The lowest BCUT2D eigenvalue weighted by molar-refractivity contribution is -0.150. The van der Waals surface area contributed by atoms with E-state index in [-0.39, 0.29) is 6.10 Å². The van der Waals surface area contributed by atoms with E-state index in [0.29, 0.717) is 13.2 Å². The summed E-state index contributed by atoms with van der Waals surface area (Å²) in [7, 11) is 1.63. The molecule has 1 saturated heterocycles. The number of ether oxygens (including phenoxy) is 3. The van der Waals surface area contributed by atoms with Crippen molar-refractivity contribution in [3.63, 3.8) is 0 Å². The van der Waals surface area contributed by atoms with Gasteiger partial charge in [-0.15, -0.1) is 0 Å². The lowest BCUT2D eigenvalue weighted by Crippen LogP contribution is -2.24.